The minimum atomic E-state index is -0.561. The number of benzene rings is 2. The lowest BCUT2D eigenvalue weighted by molar-refractivity contribution is -0.385. The molecule has 1 fully saturated rings. The van der Waals surface area contributed by atoms with Crippen molar-refractivity contribution in [1.29, 1.82) is 0 Å². The number of nitrogens with one attached hydrogen (secondary N) is 1. The number of amides is 1. The second-order valence-electron chi connectivity index (χ2n) is 6.10. The molecule has 1 aliphatic rings. The van der Waals surface area contributed by atoms with Gasteiger partial charge in [0.25, 0.3) is 17.3 Å². The molecule has 0 unspecified atom stereocenters. The molecular formula is C18H17N5O6. The Morgan fingerprint density at radius 2 is 1.66 bits per heavy atom. The largest absolute Gasteiger partial charge is 0.378 e. The Balaban J connectivity index is 1.77. The summed E-state index contributed by atoms with van der Waals surface area (Å²) in [7, 11) is 0. The highest BCUT2D eigenvalue weighted by Gasteiger charge is 2.17. The van der Waals surface area contributed by atoms with Crippen LogP contribution in [0, 0.1) is 20.2 Å². The van der Waals surface area contributed by atoms with Crippen LogP contribution >= 0.6 is 0 Å². The van der Waals surface area contributed by atoms with Crippen LogP contribution < -0.4 is 10.3 Å². The molecule has 3 rings (SSSR count). The quantitative estimate of drug-likeness (QED) is 0.445. The number of nitrogens with zero attached hydrogens (tertiary/aromatic N) is 4. The van der Waals surface area contributed by atoms with E-state index in [4.69, 9.17) is 4.74 Å². The van der Waals surface area contributed by atoms with E-state index in [-0.39, 0.29) is 16.9 Å². The molecular weight excluding hydrogens is 382 g/mol. The third-order valence-electron chi connectivity index (χ3n) is 4.28. The molecule has 0 bridgehead atoms. The molecule has 11 heteroatoms. The van der Waals surface area contributed by atoms with Gasteiger partial charge in [-0.25, -0.2) is 5.43 Å². The van der Waals surface area contributed by atoms with Crippen molar-refractivity contribution >= 4 is 29.2 Å². The molecule has 0 saturated carbocycles. The summed E-state index contributed by atoms with van der Waals surface area (Å²) in [4.78, 5) is 34.9. The molecule has 150 valence electrons. The van der Waals surface area contributed by atoms with Crippen molar-refractivity contribution < 1.29 is 19.4 Å². The maximum Gasteiger partial charge on any atom is 0.271 e. The third-order valence-corrected chi connectivity index (χ3v) is 4.28. The average molecular weight is 399 g/mol. The Morgan fingerprint density at radius 1 is 1.03 bits per heavy atom. The summed E-state index contributed by atoms with van der Waals surface area (Å²) in [6, 6.07) is 9.50. The number of hydrazone groups is 1. The van der Waals surface area contributed by atoms with E-state index in [2.05, 4.69) is 10.5 Å². The van der Waals surface area contributed by atoms with Gasteiger partial charge in [0.2, 0.25) is 0 Å². The van der Waals surface area contributed by atoms with Crippen LogP contribution in [0.4, 0.5) is 17.1 Å². The van der Waals surface area contributed by atoms with Crippen molar-refractivity contribution in [3.63, 3.8) is 0 Å². The molecule has 0 spiro atoms. The number of hydrogen-bond donors (Lipinski definition) is 1. The summed E-state index contributed by atoms with van der Waals surface area (Å²) in [5.74, 6) is -0.561. The summed E-state index contributed by atoms with van der Waals surface area (Å²) in [5, 5.41) is 25.7. The summed E-state index contributed by atoms with van der Waals surface area (Å²) >= 11 is 0. The number of carbonyl (C=O) groups is 1. The topological polar surface area (TPSA) is 140 Å². The van der Waals surface area contributed by atoms with Crippen LogP contribution in [0.2, 0.25) is 0 Å². The number of rotatable bonds is 6. The fourth-order valence-corrected chi connectivity index (χ4v) is 2.81. The number of morpholine rings is 1. The highest BCUT2D eigenvalue weighted by atomic mass is 16.6. The zero-order valence-electron chi connectivity index (χ0n) is 15.2. The zero-order valence-corrected chi connectivity index (χ0v) is 15.2. The van der Waals surface area contributed by atoms with Gasteiger partial charge in [0.15, 0.2) is 0 Å². The fourth-order valence-electron chi connectivity index (χ4n) is 2.81. The molecule has 1 aliphatic heterocycles. The van der Waals surface area contributed by atoms with E-state index < -0.39 is 15.8 Å². The van der Waals surface area contributed by atoms with Gasteiger partial charge in [0, 0.05) is 54.2 Å². The summed E-state index contributed by atoms with van der Waals surface area (Å²) in [5.41, 5.74) is 3.52. The van der Waals surface area contributed by atoms with Gasteiger partial charge in [0.1, 0.15) is 0 Å². The highest BCUT2D eigenvalue weighted by Crippen LogP contribution is 2.25. The summed E-state index contributed by atoms with van der Waals surface area (Å²) in [6.45, 7) is 2.36. The lowest BCUT2D eigenvalue weighted by atomic mass is 10.1. The van der Waals surface area contributed by atoms with Crippen LogP contribution in [-0.4, -0.2) is 48.3 Å². The lowest BCUT2D eigenvalue weighted by Crippen LogP contribution is -2.36. The standard InChI is InChI=1S/C18H17N5O6/c24-18(13-1-3-15(4-2-13)22(25)26)20-19-12-14-11-16(23(27)28)5-6-17(14)21-7-9-29-10-8-21/h1-6,11-12H,7-10H2,(H,20,24)/b19-12+. The molecule has 0 aromatic heterocycles. The maximum absolute atomic E-state index is 12.1. The lowest BCUT2D eigenvalue weighted by Gasteiger charge is -2.29. The first-order chi connectivity index (χ1) is 14.0. The molecule has 2 aromatic carbocycles. The van der Waals surface area contributed by atoms with E-state index in [1.54, 1.807) is 6.07 Å². The number of ether oxygens (including phenoxy) is 1. The van der Waals surface area contributed by atoms with Crippen molar-refractivity contribution in [2.24, 2.45) is 5.10 Å². The van der Waals surface area contributed by atoms with E-state index in [1.165, 1.54) is 42.6 Å². The predicted octanol–water partition coefficient (Wildman–Crippen LogP) is 2.10. The van der Waals surface area contributed by atoms with Crippen LogP contribution in [0.5, 0.6) is 0 Å². The number of non-ortho nitro benzene ring substituents is 2. The first-order valence-electron chi connectivity index (χ1n) is 8.64. The van der Waals surface area contributed by atoms with Crippen molar-refractivity contribution in [3.8, 4) is 0 Å². The number of carbonyl (C=O) groups excluding carboxylic acids is 1. The smallest absolute Gasteiger partial charge is 0.271 e. The Hall–Kier alpha value is -3.86. The fraction of sp³-hybridized carbons (Fsp3) is 0.222. The second-order valence-corrected chi connectivity index (χ2v) is 6.10. The van der Waals surface area contributed by atoms with Crippen molar-refractivity contribution in [3.05, 3.63) is 73.8 Å². The second kappa shape index (κ2) is 8.89. The molecule has 2 aromatic rings. The SMILES string of the molecule is O=C(N/N=C/c1cc([N+](=O)[O-])ccc1N1CCOCC1)c1ccc([N+](=O)[O-])cc1. The number of nitro groups is 2. The van der Waals surface area contributed by atoms with Gasteiger partial charge in [-0.15, -0.1) is 0 Å². The van der Waals surface area contributed by atoms with Gasteiger partial charge in [0.05, 0.1) is 29.3 Å². The molecule has 1 N–H and O–H groups in total. The third kappa shape index (κ3) is 4.90. The van der Waals surface area contributed by atoms with Gasteiger partial charge < -0.3 is 9.64 Å². The molecule has 0 atom stereocenters. The monoisotopic (exact) mass is 399 g/mol. The highest BCUT2D eigenvalue weighted by molar-refractivity contribution is 5.96. The average Bonchev–Trinajstić information content (AvgIpc) is 2.74. The van der Waals surface area contributed by atoms with Crippen LogP contribution in [0.1, 0.15) is 15.9 Å². The first-order valence-corrected chi connectivity index (χ1v) is 8.64. The number of anilines is 1. The molecule has 11 nitrogen and oxygen atoms in total. The van der Waals surface area contributed by atoms with Gasteiger partial charge in [-0.3, -0.25) is 25.0 Å². The van der Waals surface area contributed by atoms with Gasteiger partial charge >= 0.3 is 0 Å². The van der Waals surface area contributed by atoms with Crippen molar-refractivity contribution in [2.75, 3.05) is 31.2 Å². The van der Waals surface area contributed by atoms with E-state index in [9.17, 15) is 25.0 Å². The first kappa shape index (κ1) is 19.9. The van der Waals surface area contributed by atoms with Crippen molar-refractivity contribution in [2.45, 2.75) is 0 Å². The number of hydrogen-bond acceptors (Lipinski definition) is 8. The molecule has 1 saturated heterocycles. The minimum absolute atomic E-state index is 0.0924. The van der Waals surface area contributed by atoms with E-state index in [0.717, 1.165) is 5.69 Å². The predicted molar refractivity (Wildman–Crippen MR) is 104 cm³/mol. The van der Waals surface area contributed by atoms with Crippen LogP contribution in [-0.2, 0) is 4.74 Å². The minimum Gasteiger partial charge on any atom is -0.378 e. The number of nitro benzene ring substituents is 2. The molecule has 1 heterocycles. The zero-order chi connectivity index (χ0) is 20.8. The van der Waals surface area contributed by atoms with Gasteiger partial charge in [-0.1, -0.05) is 0 Å². The Bertz CT molecular complexity index is 954. The maximum atomic E-state index is 12.1. The van der Waals surface area contributed by atoms with Gasteiger partial charge in [-0.05, 0) is 18.2 Å². The van der Waals surface area contributed by atoms with Crippen LogP contribution in [0.15, 0.2) is 47.6 Å². The normalized spacial score (nSPS) is 14.0. The van der Waals surface area contributed by atoms with Crippen LogP contribution in [0.3, 0.4) is 0 Å². The Kier molecular flexibility index (Phi) is 6.09. The van der Waals surface area contributed by atoms with Crippen molar-refractivity contribution in [1.82, 2.24) is 5.43 Å². The molecule has 0 aliphatic carbocycles. The van der Waals surface area contributed by atoms with Gasteiger partial charge in [-0.2, -0.15) is 5.10 Å². The Morgan fingerprint density at radius 3 is 2.28 bits per heavy atom. The Labute approximate surface area is 164 Å². The van der Waals surface area contributed by atoms with Crippen LogP contribution in [0.25, 0.3) is 0 Å². The molecule has 0 radical (unpaired) electrons. The summed E-state index contributed by atoms with van der Waals surface area (Å²) < 4.78 is 5.33. The van der Waals surface area contributed by atoms with E-state index in [1.807, 2.05) is 4.90 Å². The molecule has 29 heavy (non-hydrogen) atoms. The molecule has 1 amide bonds. The van der Waals surface area contributed by atoms with E-state index in [0.29, 0.717) is 31.9 Å². The summed E-state index contributed by atoms with van der Waals surface area (Å²) in [6.07, 6.45) is 1.33. The van der Waals surface area contributed by atoms with E-state index >= 15 is 0 Å².